The molecule has 0 spiro atoms. The third kappa shape index (κ3) is 2.23. The maximum atomic E-state index is 9.16. The van der Waals surface area contributed by atoms with Gasteiger partial charge in [0.05, 0.1) is 11.6 Å². The highest BCUT2D eigenvalue weighted by Gasteiger charge is 2.33. The zero-order valence-corrected chi connectivity index (χ0v) is 10.4. The highest BCUT2D eigenvalue weighted by atomic mass is 16.5. The van der Waals surface area contributed by atoms with Gasteiger partial charge in [-0.05, 0) is 32.4 Å². The second-order valence-corrected chi connectivity index (χ2v) is 5.54. The average Bonchev–Trinajstić information content (AvgIpc) is 2.24. The van der Waals surface area contributed by atoms with Crippen molar-refractivity contribution in [1.82, 2.24) is 0 Å². The first kappa shape index (κ1) is 11.8. The Hall–Kier alpha value is -1.23. The summed E-state index contributed by atoms with van der Waals surface area (Å²) in [6, 6.07) is 2.25. The van der Waals surface area contributed by atoms with Crippen molar-refractivity contribution in [2.45, 2.75) is 47.1 Å². The maximum Gasteiger partial charge on any atom is 0.134 e. The minimum Gasteiger partial charge on any atom is -0.482 e. The quantitative estimate of drug-likeness (QED) is 0.566. The Morgan fingerprint density at radius 2 is 1.93 bits per heavy atom. The summed E-state index contributed by atoms with van der Waals surface area (Å²) in [5, 5.41) is 9.16. The van der Waals surface area contributed by atoms with Crippen molar-refractivity contribution >= 4 is 0 Å². The smallest absolute Gasteiger partial charge is 0.134 e. The first-order valence-corrected chi connectivity index (χ1v) is 5.21. The lowest BCUT2D eigenvalue weighted by atomic mass is 9.86. The van der Waals surface area contributed by atoms with Crippen molar-refractivity contribution in [3.05, 3.63) is 23.0 Å². The molecule has 1 aliphatic rings. The molecule has 0 aliphatic carbocycles. The van der Waals surface area contributed by atoms with Gasteiger partial charge < -0.3 is 4.74 Å². The Balaban J connectivity index is 3.22. The summed E-state index contributed by atoms with van der Waals surface area (Å²) in [4.78, 5) is 0. The van der Waals surface area contributed by atoms with E-state index in [9.17, 15) is 0 Å². The van der Waals surface area contributed by atoms with E-state index < -0.39 is 0 Å². The van der Waals surface area contributed by atoms with Gasteiger partial charge in [-0.25, -0.2) is 0 Å². The zero-order chi connectivity index (χ0) is 11.9. The molecule has 1 aliphatic heterocycles. The molecule has 0 unspecified atom stereocenters. The van der Waals surface area contributed by atoms with Crippen LogP contribution in [0.5, 0.6) is 0 Å². The van der Waals surface area contributed by atoms with E-state index in [4.69, 9.17) is 10.00 Å². The van der Waals surface area contributed by atoms with Gasteiger partial charge >= 0.3 is 0 Å². The minimum atomic E-state index is -0.275. The number of hydrogen-bond acceptors (Lipinski definition) is 2. The van der Waals surface area contributed by atoms with E-state index >= 15 is 0 Å². The minimum absolute atomic E-state index is 0.165. The van der Waals surface area contributed by atoms with Crippen molar-refractivity contribution < 1.29 is 4.74 Å². The van der Waals surface area contributed by atoms with Gasteiger partial charge in [0.2, 0.25) is 0 Å². The van der Waals surface area contributed by atoms with Crippen LogP contribution in [0.1, 0.15) is 41.5 Å². The molecule has 0 N–H and O–H groups in total. The second kappa shape index (κ2) is 3.41. The first-order valence-electron chi connectivity index (χ1n) is 5.21. The number of ether oxygens (including phenoxy) is 1. The molecule has 1 heterocycles. The third-order valence-corrected chi connectivity index (χ3v) is 2.77. The largest absolute Gasteiger partial charge is 0.482 e. The summed E-state index contributed by atoms with van der Waals surface area (Å²) < 4.78 is 5.81. The van der Waals surface area contributed by atoms with Gasteiger partial charge in [-0.2, -0.15) is 5.26 Å². The molecular formula is C13H19NO. The Labute approximate surface area is 92.2 Å². The third-order valence-electron chi connectivity index (χ3n) is 2.77. The summed E-state index contributed by atoms with van der Waals surface area (Å²) in [7, 11) is 0. The predicted molar refractivity (Wildman–Crippen MR) is 61.0 cm³/mol. The summed E-state index contributed by atoms with van der Waals surface area (Å²) in [5.74, 6) is 0.729. The monoisotopic (exact) mass is 205 g/mol. The molecule has 2 nitrogen and oxygen atoms in total. The standard InChI is InChI=1S/C13H19NO/c1-9-7-11(15-13(9,5)6)10(8-14)12(2,3)4/h7H,1-6H3/b11-10+. The van der Waals surface area contributed by atoms with Crippen molar-refractivity contribution in [3.8, 4) is 6.07 Å². The highest BCUT2D eigenvalue weighted by Crippen LogP contribution is 2.37. The molecule has 0 fully saturated rings. The zero-order valence-electron chi connectivity index (χ0n) is 10.4. The van der Waals surface area contributed by atoms with Gasteiger partial charge in [0.25, 0.3) is 0 Å². The molecule has 0 aromatic carbocycles. The van der Waals surface area contributed by atoms with Gasteiger partial charge in [0, 0.05) is 5.41 Å². The van der Waals surface area contributed by atoms with Crippen LogP contribution in [0.4, 0.5) is 0 Å². The number of rotatable bonds is 0. The van der Waals surface area contributed by atoms with Crippen molar-refractivity contribution in [2.24, 2.45) is 5.41 Å². The number of nitrogens with zero attached hydrogens (tertiary/aromatic N) is 1. The average molecular weight is 205 g/mol. The topological polar surface area (TPSA) is 33.0 Å². The number of allylic oxidation sites excluding steroid dienone is 2. The second-order valence-electron chi connectivity index (χ2n) is 5.54. The lowest BCUT2D eigenvalue weighted by Gasteiger charge is -2.23. The van der Waals surface area contributed by atoms with Crippen LogP contribution in [0.25, 0.3) is 0 Å². The van der Waals surface area contributed by atoms with E-state index in [1.807, 2.05) is 47.6 Å². The van der Waals surface area contributed by atoms with Crippen molar-refractivity contribution in [1.29, 1.82) is 5.26 Å². The Morgan fingerprint density at radius 1 is 1.40 bits per heavy atom. The molecule has 2 heteroatoms. The summed E-state index contributed by atoms with van der Waals surface area (Å²) in [6.07, 6.45) is 1.98. The van der Waals surface area contributed by atoms with Gasteiger partial charge in [-0.1, -0.05) is 20.8 Å². The molecular weight excluding hydrogens is 186 g/mol. The normalized spacial score (nSPS) is 22.9. The summed E-state index contributed by atoms with van der Waals surface area (Å²) in [5.41, 5.74) is 1.44. The molecule has 0 radical (unpaired) electrons. The summed E-state index contributed by atoms with van der Waals surface area (Å²) >= 11 is 0. The molecule has 0 aromatic heterocycles. The summed E-state index contributed by atoms with van der Waals surface area (Å²) in [6.45, 7) is 12.1. The molecule has 0 atom stereocenters. The fourth-order valence-corrected chi connectivity index (χ4v) is 1.47. The van der Waals surface area contributed by atoms with Crippen LogP contribution in [0.2, 0.25) is 0 Å². The Bertz CT molecular complexity index is 372. The highest BCUT2D eigenvalue weighted by molar-refractivity contribution is 5.41. The fraction of sp³-hybridized carbons (Fsp3) is 0.615. The molecule has 0 bridgehead atoms. The fourth-order valence-electron chi connectivity index (χ4n) is 1.47. The molecule has 0 amide bonds. The van der Waals surface area contributed by atoms with Crippen LogP contribution in [-0.2, 0) is 4.74 Å². The van der Waals surface area contributed by atoms with Crippen LogP contribution in [0.3, 0.4) is 0 Å². The molecule has 0 saturated carbocycles. The van der Waals surface area contributed by atoms with Gasteiger partial charge in [-0.15, -0.1) is 0 Å². The van der Waals surface area contributed by atoms with Crippen molar-refractivity contribution in [2.75, 3.05) is 0 Å². The lowest BCUT2D eigenvalue weighted by Crippen LogP contribution is -2.21. The Kier molecular flexibility index (Phi) is 2.69. The Morgan fingerprint density at radius 3 is 2.20 bits per heavy atom. The lowest BCUT2D eigenvalue weighted by molar-refractivity contribution is 0.0903. The van der Waals surface area contributed by atoms with Gasteiger partial charge in [0.15, 0.2) is 0 Å². The van der Waals surface area contributed by atoms with E-state index in [1.54, 1.807) is 0 Å². The predicted octanol–water partition coefficient (Wildman–Crippen LogP) is 3.57. The van der Waals surface area contributed by atoms with Crippen LogP contribution in [0.15, 0.2) is 23.0 Å². The maximum absolute atomic E-state index is 9.16. The van der Waals surface area contributed by atoms with E-state index in [0.29, 0.717) is 5.57 Å². The molecule has 0 aromatic rings. The van der Waals surface area contributed by atoms with E-state index in [-0.39, 0.29) is 11.0 Å². The van der Waals surface area contributed by atoms with E-state index in [2.05, 4.69) is 6.07 Å². The SMILES string of the molecule is CC1=C/C(=C(/C#N)C(C)(C)C)OC1(C)C. The van der Waals surface area contributed by atoms with E-state index in [0.717, 1.165) is 11.3 Å². The van der Waals surface area contributed by atoms with Crippen molar-refractivity contribution in [3.63, 3.8) is 0 Å². The van der Waals surface area contributed by atoms with Gasteiger partial charge in [0.1, 0.15) is 11.4 Å². The number of hydrogen-bond donors (Lipinski definition) is 0. The molecule has 1 rings (SSSR count). The molecule has 15 heavy (non-hydrogen) atoms. The van der Waals surface area contributed by atoms with E-state index in [1.165, 1.54) is 0 Å². The van der Waals surface area contributed by atoms with Gasteiger partial charge in [-0.3, -0.25) is 0 Å². The van der Waals surface area contributed by atoms with Crippen LogP contribution >= 0.6 is 0 Å². The molecule has 0 saturated heterocycles. The van der Waals surface area contributed by atoms with Crippen LogP contribution < -0.4 is 0 Å². The van der Waals surface area contributed by atoms with Crippen LogP contribution in [-0.4, -0.2) is 5.60 Å². The van der Waals surface area contributed by atoms with Crippen LogP contribution in [0, 0.1) is 16.7 Å². The number of nitriles is 1. The first-order chi connectivity index (χ1) is 6.68. The molecule has 82 valence electrons.